The first-order chi connectivity index (χ1) is 13.3. The first kappa shape index (κ1) is 19.5. The van der Waals surface area contributed by atoms with Gasteiger partial charge in [0.15, 0.2) is 6.17 Å². The fourth-order valence-corrected chi connectivity index (χ4v) is 2.73. The predicted molar refractivity (Wildman–Crippen MR) is 95.0 cm³/mol. The second-order valence-corrected chi connectivity index (χ2v) is 6.16. The minimum absolute atomic E-state index is 0.0278. The van der Waals surface area contributed by atoms with Crippen LogP contribution in [0.25, 0.3) is 0 Å². The van der Waals surface area contributed by atoms with Gasteiger partial charge < -0.3 is 20.5 Å². The number of ether oxygens (including phenoxy) is 2. The fraction of sp³-hybridized carbons (Fsp3) is 0.278. The summed E-state index contributed by atoms with van der Waals surface area (Å²) in [5.74, 6) is -1.13. The van der Waals surface area contributed by atoms with E-state index in [1.54, 1.807) is 0 Å². The molecule has 10 heteroatoms. The molecule has 0 saturated carbocycles. The number of alkyl halides is 2. The van der Waals surface area contributed by atoms with Gasteiger partial charge in [-0.25, -0.2) is 23.1 Å². The molecule has 28 heavy (non-hydrogen) atoms. The summed E-state index contributed by atoms with van der Waals surface area (Å²) in [6.45, 7) is 0.0131. The Morgan fingerprint density at radius 2 is 2.21 bits per heavy atom. The van der Waals surface area contributed by atoms with E-state index in [0.717, 1.165) is 6.07 Å². The Kier molecular flexibility index (Phi) is 5.39. The molecule has 2 aromatic rings. The van der Waals surface area contributed by atoms with Crippen LogP contribution in [0.4, 0.5) is 18.9 Å². The van der Waals surface area contributed by atoms with Gasteiger partial charge in [0, 0.05) is 11.3 Å². The molecule has 2 atom stereocenters. The van der Waals surface area contributed by atoms with Crippen molar-refractivity contribution in [2.24, 2.45) is 10.7 Å². The smallest absolute Gasteiger partial charge is 0.283 e. The van der Waals surface area contributed by atoms with E-state index in [4.69, 9.17) is 10.5 Å². The van der Waals surface area contributed by atoms with Crippen LogP contribution in [0.2, 0.25) is 0 Å². The van der Waals surface area contributed by atoms with E-state index in [9.17, 15) is 18.0 Å². The predicted octanol–water partition coefficient (Wildman–Crippen LogP) is 2.68. The van der Waals surface area contributed by atoms with Gasteiger partial charge in [0.25, 0.3) is 11.9 Å². The van der Waals surface area contributed by atoms with Crippen LogP contribution in [-0.2, 0) is 10.3 Å². The molecular formula is C18H17F3N4O3. The van der Waals surface area contributed by atoms with Gasteiger partial charge in [-0.1, -0.05) is 0 Å². The summed E-state index contributed by atoms with van der Waals surface area (Å²) in [4.78, 5) is 20.1. The number of nitrogens with one attached hydrogen (secondary N) is 1. The number of anilines is 1. The molecule has 1 aliphatic rings. The molecule has 1 aromatic carbocycles. The summed E-state index contributed by atoms with van der Waals surface area (Å²) in [6, 6.07) is 6.17. The first-order valence-corrected chi connectivity index (χ1v) is 8.22. The zero-order valence-corrected chi connectivity index (χ0v) is 14.8. The first-order valence-electron chi connectivity index (χ1n) is 8.22. The number of benzene rings is 1. The van der Waals surface area contributed by atoms with E-state index in [1.807, 2.05) is 0 Å². The Labute approximate surface area is 158 Å². The van der Waals surface area contributed by atoms with Gasteiger partial charge in [-0.15, -0.1) is 0 Å². The normalized spacial score (nSPS) is 21.4. The topological polar surface area (TPSA) is 98.8 Å². The number of amidine groups is 1. The summed E-state index contributed by atoms with van der Waals surface area (Å²) in [6.07, 6.45) is -0.441. The van der Waals surface area contributed by atoms with E-state index < -0.39 is 30.3 Å². The molecule has 148 valence electrons. The van der Waals surface area contributed by atoms with Crippen LogP contribution < -0.4 is 15.8 Å². The summed E-state index contributed by atoms with van der Waals surface area (Å²) in [5.41, 5.74) is 4.07. The maximum absolute atomic E-state index is 14.4. The summed E-state index contributed by atoms with van der Waals surface area (Å²) < 4.78 is 50.4. The van der Waals surface area contributed by atoms with E-state index in [1.165, 1.54) is 37.4 Å². The molecule has 1 aromatic heterocycles. The van der Waals surface area contributed by atoms with Crippen molar-refractivity contribution in [3.8, 4) is 5.75 Å². The van der Waals surface area contributed by atoms with Crippen molar-refractivity contribution in [2.45, 2.75) is 18.6 Å². The minimum atomic E-state index is -1.63. The Morgan fingerprint density at radius 1 is 1.43 bits per heavy atom. The van der Waals surface area contributed by atoms with Crippen molar-refractivity contribution in [2.75, 3.05) is 18.8 Å². The van der Waals surface area contributed by atoms with Crippen LogP contribution in [0, 0.1) is 5.82 Å². The van der Waals surface area contributed by atoms with Crippen molar-refractivity contribution in [1.82, 2.24) is 4.98 Å². The van der Waals surface area contributed by atoms with E-state index in [0.29, 0.717) is 0 Å². The molecular weight excluding hydrogens is 377 g/mol. The lowest BCUT2D eigenvalue weighted by molar-refractivity contribution is 0.0923. The molecule has 0 spiro atoms. The number of nitrogens with two attached hydrogens (primary N) is 1. The second kappa shape index (κ2) is 7.75. The highest BCUT2D eigenvalue weighted by Gasteiger charge is 2.42. The quantitative estimate of drug-likeness (QED) is 0.812. The van der Waals surface area contributed by atoms with Gasteiger partial charge in [-0.2, -0.15) is 0 Å². The molecule has 7 nitrogen and oxygen atoms in total. The SMILES string of the molecule is C[C@]1(c2cc(NC(=O)c3ccc(OCF)cn3)ccc2F)N=C(N)OC[C@@H]1F. The van der Waals surface area contributed by atoms with Crippen LogP contribution in [0.3, 0.4) is 0 Å². The number of aromatic nitrogens is 1. The maximum Gasteiger partial charge on any atom is 0.283 e. The van der Waals surface area contributed by atoms with Crippen molar-refractivity contribution in [1.29, 1.82) is 0 Å². The Morgan fingerprint density at radius 3 is 2.89 bits per heavy atom. The summed E-state index contributed by atoms with van der Waals surface area (Å²) in [5, 5.41) is 2.54. The molecule has 0 bridgehead atoms. The second-order valence-electron chi connectivity index (χ2n) is 6.16. The van der Waals surface area contributed by atoms with Gasteiger partial charge >= 0.3 is 0 Å². The largest absolute Gasteiger partial charge is 0.462 e. The third kappa shape index (κ3) is 3.85. The average Bonchev–Trinajstić information content (AvgIpc) is 2.67. The molecule has 0 fully saturated rings. The highest BCUT2D eigenvalue weighted by molar-refractivity contribution is 6.02. The van der Waals surface area contributed by atoms with Gasteiger partial charge in [-0.3, -0.25) is 4.79 Å². The zero-order chi connectivity index (χ0) is 20.3. The van der Waals surface area contributed by atoms with Crippen LogP contribution >= 0.6 is 0 Å². The number of rotatable bonds is 5. The Balaban J connectivity index is 1.85. The third-order valence-corrected chi connectivity index (χ3v) is 4.29. The summed E-state index contributed by atoms with van der Waals surface area (Å²) >= 11 is 0. The zero-order valence-electron chi connectivity index (χ0n) is 14.8. The lowest BCUT2D eigenvalue weighted by Gasteiger charge is -2.33. The average molecular weight is 394 g/mol. The molecule has 2 heterocycles. The number of halogens is 3. The Bertz CT molecular complexity index is 907. The number of hydrogen-bond acceptors (Lipinski definition) is 6. The monoisotopic (exact) mass is 394 g/mol. The van der Waals surface area contributed by atoms with Crippen LogP contribution in [0.15, 0.2) is 41.5 Å². The standard InChI is InChI=1S/C18H17F3N4O3/c1-18(15(21)8-27-17(22)25-18)12-6-10(2-4-13(12)20)24-16(26)14-5-3-11(7-23-14)28-9-19/h2-7,15H,8-9H2,1H3,(H2,22,25)(H,24,26)/t15-,18+/m0/s1. The number of amides is 1. The van der Waals surface area contributed by atoms with Gasteiger partial charge in [-0.05, 0) is 37.3 Å². The van der Waals surface area contributed by atoms with Crippen molar-refractivity contribution < 1.29 is 27.4 Å². The summed E-state index contributed by atoms with van der Waals surface area (Å²) in [7, 11) is 0. The van der Waals surface area contributed by atoms with Crippen molar-refractivity contribution in [3.63, 3.8) is 0 Å². The van der Waals surface area contributed by atoms with Gasteiger partial charge in [0.05, 0.1) is 6.20 Å². The maximum atomic E-state index is 14.4. The van der Waals surface area contributed by atoms with Crippen LogP contribution in [0.1, 0.15) is 23.0 Å². The van der Waals surface area contributed by atoms with Crippen molar-refractivity contribution in [3.05, 3.63) is 53.6 Å². The molecule has 0 saturated heterocycles. The lowest BCUT2D eigenvalue weighted by atomic mass is 9.86. The van der Waals surface area contributed by atoms with E-state index in [-0.39, 0.29) is 35.3 Å². The minimum Gasteiger partial charge on any atom is -0.462 e. The van der Waals surface area contributed by atoms with E-state index >= 15 is 0 Å². The van der Waals surface area contributed by atoms with Gasteiger partial charge in [0.2, 0.25) is 6.86 Å². The number of carbonyl (C=O) groups excluding carboxylic acids is 1. The third-order valence-electron chi connectivity index (χ3n) is 4.29. The molecule has 0 radical (unpaired) electrons. The molecule has 3 N–H and O–H groups in total. The molecule has 1 amide bonds. The number of aliphatic imine (C=N–C) groups is 1. The molecule has 1 aliphatic heterocycles. The Hall–Kier alpha value is -3.30. The highest BCUT2D eigenvalue weighted by atomic mass is 19.1. The van der Waals surface area contributed by atoms with Crippen LogP contribution in [-0.4, -0.2) is 36.6 Å². The molecule has 0 aliphatic carbocycles. The number of carbonyl (C=O) groups is 1. The van der Waals surface area contributed by atoms with Crippen LogP contribution in [0.5, 0.6) is 5.75 Å². The lowest BCUT2D eigenvalue weighted by Crippen LogP contribution is -2.43. The number of pyridine rings is 1. The molecule has 0 unspecified atom stereocenters. The van der Waals surface area contributed by atoms with E-state index in [2.05, 4.69) is 20.0 Å². The highest BCUT2D eigenvalue weighted by Crippen LogP contribution is 2.37. The fourth-order valence-electron chi connectivity index (χ4n) is 2.73. The van der Waals surface area contributed by atoms with Crippen molar-refractivity contribution >= 4 is 17.6 Å². The number of hydrogen-bond donors (Lipinski definition) is 2. The van der Waals surface area contributed by atoms with Gasteiger partial charge in [0.1, 0.15) is 29.4 Å². The number of nitrogens with zero attached hydrogens (tertiary/aromatic N) is 2. The molecule has 3 rings (SSSR count).